The van der Waals surface area contributed by atoms with Crippen LogP contribution in [0.1, 0.15) is 49.2 Å². The van der Waals surface area contributed by atoms with Crippen molar-refractivity contribution in [2.75, 3.05) is 5.73 Å². The van der Waals surface area contributed by atoms with E-state index in [1.165, 1.54) is 0 Å². The van der Waals surface area contributed by atoms with Gasteiger partial charge in [0.1, 0.15) is 0 Å². The maximum atomic E-state index is 12.2. The fraction of sp³-hybridized carbons (Fsp3) is 0.571. The van der Waals surface area contributed by atoms with E-state index in [0.29, 0.717) is 16.7 Å². The standard InChI is InChI=1S/C14H21N3O/c1-9-12(6-10(15)8-16-9)13(18)17-11-4-5-14(2,3)7-11/h6,8,11H,4-5,7,15H2,1-3H3,(H,17,18). The Bertz CT molecular complexity index is 468. The van der Waals surface area contributed by atoms with E-state index in [1.807, 2.05) is 6.92 Å². The fourth-order valence-electron chi connectivity index (χ4n) is 2.60. The van der Waals surface area contributed by atoms with Crippen LogP contribution in [0.15, 0.2) is 12.3 Å². The van der Waals surface area contributed by atoms with Gasteiger partial charge in [0.05, 0.1) is 23.1 Å². The number of aromatic nitrogens is 1. The molecular formula is C14H21N3O. The molecule has 4 heteroatoms. The monoisotopic (exact) mass is 247 g/mol. The van der Waals surface area contributed by atoms with Crippen LogP contribution in [-0.4, -0.2) is 16.9 Å². The van der Waals surface area contributed by atoms with Gasteiger partial charge in [0.15, 0.2) is 0 Å². The summed E-state index contributed by atoms with van der Waals surface area (Å²) in [6, 6.07) is 1.96. The number of carbonyl (C=O) groups is 1. The number of nitrogens with two attached hydrogens (primary N) is 1. The molecule has 4 nitrogen and oxygen atoms in total. The molecule has 1 unspecified atom stereocenters. The predicted octanol–water partition coefficient (Wildman–Crippen LogP) is 2.28. The van der Waals surface area contributed by atoms with Crippen molar-refractivity contribution in [3.05, 3.63) is 23.5 Å². The highest BCUT2D eigenvalue weighted by Gasteiger charge is 2.32. The van der Waals surface area contributed by atoms with Crippen LogP contribution in [-0.2, 0) is 0 Å². The third kappa shape index (κ3) is 2.81. The molecule has 18 heavy (non-hydrogen) atoms. The predicted molar refractivity (Wildman–Crippen MR) is 72.3 cm³/mol. The van der Waals surface area contributed by atoms with Crippen molar-refractivity contribution < 1.29 is 4.79 Å². The summed E-state index contributed by atoms with van der Waals surface area (Å²) in [5, 5.41) is 3.08. The maximum Gasteiger partial charge on any atom is 0.253 e. The molecule has 1 aromatic heterocycles. The highest BCUT2D eigenvalue weighted by molar-refractivity contribution is 5.96. The number of hydrogen-bond donors (Lipinski definition) is 2. The van der Waals surface area contributed by atoms with Crippen LogP contribution in [0.25, 0.3) is 0 Å². The maximum absolute atomic E-state index is 12.2. The zero-order valence-electron chi connectivity index (χ0n) is 11.3. The van der Waals surface area contributed by atoms with Crippen LogP contribution >= 0.6 is 0 Å². The van der Waals surface area contributed by atoms with Crippen molar-refractivity contribution in [1.82, 2.24) is 10.3 Å². The summed E-state index contributed by atoms with van der Waals surface area (Å²) in [7, 11) is 0. The Morgan fingerprint density at radius 2 is 2.28 bits per heavy atom. The average Bonchev–Trinajstić information content (AvgIpc) is 2.61. The van der Waals surface area contributed by atoms with E-state index < -0.39 is 0 Å². The molecule has 1 saturated carbocycles. The Morgan fingerprint density at radius 3 is 2.89 bits per heavy atom. The third-order valence-corrected chi connectivity index (χ3v) is 3.66. The molecule has 0 aromatic carbocycles. The molecular weight excluding hydrogens is 226 g/mol. The Balaban J connectivity index is 2.06. The van der Waals surface area contributed by atoms with E-state index in [1.54, 1.807) is 12.3 Å². The minimum atomic E-state index is -0.0602. The normalized spacial score (nSPS) is 21.8. The van der Waals surface area contributed by atoms with E-state index in [-0.39, 0.29) is 11.9 Å². The first-order valence-electron chi connectivity index (χ1n) is 6.40. The van der Waals surface area contributed by atoms with Crippen molar-refractivity contribution in [3.63, 3.8) is 0 Å². The van der Waals surface area contributed by atoms with Crippen LogP contribution in [0, 0.1) is 12.3 Å². The third-order valence-electron chi connectivity index (χ3n) is 3.66. The number of nitrogen functional groups attached to an aromatic ring is 1. The molecule has 1 aliphatic rings. The van der Waals surface area contributed by atoms with Crippen molar-refractivity contribution in [3.8, 4) is 0 Å². The van der Waals surface area contributed by atoms with Gasteiger partial charge in [-0.1, -0.05) is 13.8 Å². The molecule has 98 valence electrons. The number of amides is 1. The minimum Gasteiger partial charge on any atom is -0.397 e. The summed E-state index contributed by atoms with van der Waals surface area (Å²) in [6.45, 7) is 6.31. The largest absolute Gasteiger partial charge is 0.397 e. The number of rotatable bonds is 2. The molecule has 0 bridgehead atoms. The summed E-state index contributed by atoms with van der Waals surface area (Å²) in [4.78, 5) is 16.3. The van der Waals surface area contributed by atoms with Gasteiger partial charge in [0, 0.05) is 6.04 Å². The smallest absolute Gasteiger partial charge is 0.253 e. The Labute approximate surface area is 108 Å². The van der Waals surface area contributed by atoms with Gasteiger partial charge >= 0.3 is 0 Å². The SMILES string of the molecule is Cc1ncc(N)cc1C(=O)NC1CCC(C)(C)C1. The first-order chi connectivity index (χ1) is 8.37. The molecule has 0 radical (unpaired) electrons. The minimum absolute atomic E-state index is 0.0602. The van der Waals surface area contributed by atoms with Crippen LogP contribution in [0.5, 0.6) is 0 Å². The van der Waals surface area contributed by atoms with E-state index in [0.717, 1.165) is 25.0 Å². The second-order valence-corrected chi connectivity index (χ2v) is 5.98. The molecule has 0 aliphatic heterocycles. The first-order valence-corrected chi connectivity index (χ1v) is 6.40. The lowest BCUT2D eigenvalue weighted by atomic mass is 9.92. The van der Waals surface area contributed by atoms with Crippen LogP contribution in [0.2, 0.25) is 0 Å². The molecule has 1 aromatic rings. The van der Waals surface area contributed by atoms with Gasteiger partial charge in [0.25, 0.3) is 5.91 Å². The lowest BCUT2D eigenvalue weighted by Gasteiger charge is -2.18. The molecule has 0 saturated heterocycles. The van der Waals surface area contributed by atoms with Crippen LogP contribution in [0.3, 0.4) is 0 Å². The number of carbonyl (C=O) groups excluding carboxylic acids is 1. The highest BCUT2D eigenvalue weighted by Crippen LogP contribution is 2.37. The zero-order valence-corrected chi connectivity index (χ0v) is 11.3. The topological polar surface area (TPSA) is 68.0 Å². The quantitative estimate of drug-likeness (QED) is 0.842. The van der Waals surface area contributed by atoms with Crippen molar-refractivity contribution >= 4 is 11.6 Å². The Hall–Kier alpha value is -1.58. The van der Waals surface area contributed by atoms with Crippen molar-refractivity contribution in [2.45, 2.75) is 46.1 Å². The summed E-state index contributed by atoms with van der Waals surface area (Å²) in [5.41, 5.74) is 7.84. The number of pyridine rings is 1. The fourth-order valence-corrected chi connectivity index (χ4v) is 2.60. The lowest BCUT2D eigenvalue weighted by Crippen LogP contribution is -2.34. The second kappa shape index (κ2) is 4.59. The molecule has 1 amide bonds. The summed E-state index contributed by atoms with van der Waals surface area (Å²) >= 11 is 0. The Morgan fingerprint density at radius 1 is 1.56 bits per heavy atom. The highest BCUT2D eigenvalue weighted by atomic mass is 16.1. The van der Waals surface area contributed by atoms with Gasteiger partial charge in [0.2, 0.25) is 0 Å². The van der Waals surface area contributed by atoms with Crippen molar-refractivity contribution in [2.24, 2.45) is 5.41 Å². The molecule has 3 N–H and O–H groups in total. The number of anilines is 1. The van der Waals surface area contributed by atoms with Gasteiger partial charge in [-0.05, 0) is 37.7 Å². The first kappa shape index (κ1) is 12.9. The summed E-state index contributed by atoms with van der Waals surface area (Å²) < 4.78 is 0. The molecule has 1 atom stereocenters. The van der Waals surface area contributed by atoms with E-state index in [9.17, 15) is 4.79 Å². The van der Waals surface area contributed by atoms with E-state index in [4.69, 9.17) is 5.73 Å². The zero-order chi connectivity index (χ0) is 13.3. The van der Waals surface area contributed by atoms with Gasteiger partial charge in [-0.25, -0.2) is 0 Å². The van der Waals surface area contributed by atoms with E-state index in [2.05, 4.69) is 24.1 Å². The summed E-state index contributed by atoms with van der Waals surface area (Å²) in [6.07, 6.45) is 4.82. The molecule has 1 aliphatic carbocycles. The van der Waals surface area contributed by atoms with Gasteiger partial charge in [-0.3, -0.25) is 9.78 Å². The molecule has 2 rings (SSSR count). The lowest BCUT2D eigenvalue weighted by molar-refractivity contribution is 0.0935. The molecule has 0 spiro atoms. The van der Waals surface area contributed by atoms with Gasteiger partial charge in [-0.2, -0.15) is 0 Å². The number of hydrogen-bond acceptors (Lipinski definition) is 3. The van der Waals surface area contributed by atoms with Gasteiger partial charge in [-0.15, -0.1) is 0 Å². The second-order valence-electron chi connectivity index (χ2n) is 5.98. The average molecular weight is 247 g/mol. The van der Waals surface area contributed by atoms with Crippen LogP contribution < -0.4 is 11.1 Å². The molecule has 1 heterocycles. The van der Waals surface area contributed by atoms with Crippen molar-refractivity contribution in [1.29, 1.82) is 0 Å². The number of nitrogens with one attached hydrogen (secondary N) is 1. The Kier molecular flexibility index (Phi) is 3.28. The number of aryl methyl sites for hydroxylation is 1. The number of nitrogens with zero attached hydrogens (tertiary/aromatic N) is 1. The van der Waals surface area contributed by atoms with E-state index >= 15 is 0 Å². The summed E-state index contributed by atoms with van der Waals surface area (Å²) in [5.74, 6) is -0.0602. The van der Waals surface area contributed by atoms with Gasteiger partial charge < -0.3 is 11.1 Å². The van der Waals surface area contributed by atoms with Crippen LogP contribution in [0.4, 0.5) is 5.69 Å². The molecule has 1 fully saturated rings.